The lowest BCUT2D eigenvalue weighted by molar-refractivity contribution is 0.670. The van der Waals surface area contributed by atoms with Crippen molar-refractivity contribution in [1.82, 2.24) is 0 Å². The number of nitrogens with zero attached hydrogens (tertiary/aromatic N) is 1. The summed E-state index contributed by atoms with van der Waals surface area (Å²) in [6.45, 7) is 0. The van der Waals surface area contributed by atoms with Gasteiger partial charge >= 0.3 is 0 Å². The van der Waals surface area contributed by atoms with E-state index in [1.807, 2.05) is 54.6 Å². The zero-order valence-electron chi connectivity index (χ0n) is 35.3. The van der Waals surface area contributed by atoms with E-state index in [4.69, 9.17) is 11.3 Å². The largest absolute Gasteiger partial charge is 0.455 e. The summed E-state index contributed by atoms with van der Waals surface area (Å²) in [5.74, 6) is 0. The third-order valence-corrected chi connectivity index (χ3v) is 10.4. The lowest BCUT2D eigenvalue weighted by atomic mass is 9.91. The van der Waals surface area contributed by atoms with E-state index in [1.54, 1.807) is 0 Å². The molecule has 0 aliphatic heterocycles. The Morgan fingerprint density at radius 3 is 1.48 bits per heavy atom. The Morgan fingerprint density at radius 2 is 0.839 bits per heavy atom. The molecule has 0 amide bonds. The molecule has 2 heteroatoms. The van der Waals surface area contributed by atoms with Gasteiger partial charge in [0, 0.05) is 33.4 Å². The van der Waals surface area contributed by atoms with E-state index in [0.29, 0.717) is 5.56 Å². The van der Waals surface area contributed by atoms with E-state index < -0.39 is 6.04 Å². The van der Waals surface area contributed by atoms with Crippen molar-refractivity contribution in [2.24, 2.45) is 0 Å². The highest BCUT2D eigenvalue weighted by Gasteiger charge is 2.17. The predicted octanol–water partition coefficient (Wildman–Crippen LogP) is 15.4. The van der Waals surface area contributed by atoms with E-state index in [0.717, 1.165) is 77.9 Å². The number of fused-ring (bicyclic) bond motifs is 3. The van der Waals surface area contributed by atoms with Gasteiger partial charge in [0.25, 0.3) is 0 Å². The van der Waals surface area contributed by atoms with Crippen molar-refractivity contribution >= 4 is 39.0 Å². The molecule has 0 spiro atoms. The minimum atomic E-state index is -0.409. The maximum absolute atomic E-state index is 8.57. The fraction of sp³-hybridized carbons (Fsp3) is 0. The quantitative estimate of drug-likeness (QED) is 0.155. The van der Waals surface area contributed by atoms with Crippen LogP contribution in [-0.2, 0) is 0 Å². The number of rotatable bonds is 8. The normalized spacial score (nSPS) is 12.5. The van der Waals surface area contributed by atoms with Gasteiger partial charge in [0.15, 0.2) is 0 Å². The molecule has 0 atom stereocenters. The molecule has 0 N–H and O–H groups in total. The number of furan rings is 1. The van der Waals surface area contributed by atoms with E-state index >= 15 is 0 Å². The van der Waals surface area contributed by atoms with Crippen molar-refractivity contribution in [3.05, 3.63) is 224 Å². The average Bonchev–Trinajstić information content (AvgIpc) is 3.71. The standard InChI is InChI=1S/C54H37NO/c1-4-13-38(14-5-1)39-23-30-45(31-24-39)55(47-34-27-43(28-35-47)49-20-12-21-51-50-19-10-11-22-53(50)56-54(49)51)46-32-25-40(26-33-46)44-29-36-48(41-15-6-2-7-16-41)52(37-44)42-17-8-3-9-18-42/h1-37H/i1D,4D,5D,13D,14D. The highest BCUT2D eigenvalue weighted by atomic mass is 16.3. The highest BCUT2D eigenvalue weighted by Crippen LogP contribution is 2.41. The van der Waals surface area contributed by atoms with E-state index in [2.05, 4.69) is 144 Å². The first-order valence-corrected chi connectivity index (χ1v) is 18.7. The lowest BCUT2D eigenvalue weighted by Gasteiger charge is -2.26. The van der Waals surface area contributed by atoms with E-state index in [-0.39, 0.29) is 29.7 Å². The van der Waals surface area contributed by atoms with Crippen LogP contribution in [0.25, 0.3) is 77.6 Å². The summed E-state index contributed by atoms with van der Waals surface area (Å²) >= 11 is 0. The van der Waals surface area contributed by atoms with Crippen LogP contribution in [0.15, 0.2) is 229 Å². The molecule has 0 saturated heterocycles. The van der Waals surface area contributed by atoms with Crippen molar-refractivity contribution in [3.8, 4) is 55.6 Å². The molecule has 0 unspecified atom stereocenters. The summed E-state index contributed by atoms with van der Waals surface area (Å²) in [7, 11) is 0. The maximum atomic E-state index is 8.57. The first-order chi connectivity index (χ1) is 29.8. The van der Waals surface area contributed by atoms with Gasteiger partial charge in [0.05, 0.1) is 6.85 Å². The number of hydrogen-bond acceptors (Lipinski definition) is 2. The van der Waals surface area contributed by atoms with Crippen LogP contribution in [0, 0.1) is 0 Å². The molecule has 10 rings (SSSR count). The highest BCUT2D eigenvalue weighted by molar-refractivity contribution is 6.09. The SMILES string of the molecule is [2H]c1c([2H])c([2H])c(-c2ccc(N(c3ccc(-c4ccc(-c5ccccc5)c(-c5ccccc5)c4)cc3)c3ccc(-c4cccc5c4oc4ccccc45)cc3)cc2)c([2H])c1[2H]. The Bertz CT molecular complexity index is 3190. The van der Waals surface area contributed by atoms with Crippen LogP contribution in [0.2, 0.25) is 0 Å². The molecule has 264 valence electrons. The maximum Gasteiger partial charge on any atom is 0.143 e. The van der Waals surface area contributed by atoms with Crippen LogP contribution in [0.4, 0.5) is 17.1 Å². The molecule has 0 bridgehead atoms. The van der Waals surface area contributed by atoms with Gasteiger partial charge in [-0.05, 0) is 98.6 Å². The number of benzene rings is 9. The molecule has 1 heterocycles. The molecule has 0 saturated carbocycles. The fourth-order valence-corrected chi connectivity index (χ4v) is 7.64. The van der Waals surface area contributed by atoms with Crippen LogP contribution in [0.1, 0.15) is 6.85 Å². The van der Waals surface area contributed by atoms with E-state index in [1.165, 1.54) is 5.56 Å². The van der Waals surface area contributed by atoms with Gasteiger partial charge < -0.3 is 9.32 Å². The molecule has 0 aliphatic rings. The fourth-order valence-electron chi connectivity index (χ4n) is 7.64. The van der Waals surface area contributed by atoms with Gasteiger partial charge in [-0.2, -0.15) is 0 Å². The van der Waals surface area contributed by atoms with Crippen LogP contribution in [0.3, 0.4) is 0 Å². The van der Waals surface area contributed by atoms with Crippen molar-refractivity contribution in [2.45, 2.75) is 0 Å². The second-order valence-electron chi connectivity index (χ2n) is 13.7. The number of para-hydroxylation sites is 2. The molecular weight excluding hydrogens is 679 g/mol. The minimum absolute atomic E-state index is 0.172. The average molecular weight is 721 g/mol. The molecule has 9 aromatic carbocycles. The first-order valence-electron chi connectivity index (χ1n) is 21.2. The van der Waals surface area contributed by atoms with Gasteiger partial charge in [0.1, 0.15) is 11.2 Å². The molecule has 10 aromatic rings. The Kier molecular flexibility index (Phi) is 7.24. The lowest BCUT2D eigenvalue weighted by Crippen LogP contribution is -2.09. The molecule has 0 fully saturated rings. The second-order valence-corrected chi connectivity index (χ2v) is 13.7. The topological polar surface area (TPSA) is 16.4 Å². The molecule has 1 aromatic heterocycles. The Balaban J connectivity index is 1.05. The minimum Gasteiger partial charge on any atom is -0.455 e. The van der Waals surface area contributed by atoms with Gasteiger partial charge in [0.2, 0.25) is 0 Å². The molecule has 56 heavy (non-hydrogen) atoms. The van der Waals surface area contributed by atoms with Crippen LogP contribution in [0.5, 0.6) is 0 Å². The number of anilines is 3. The van der Waals surface area contributed by atoms with E-state index in [9.17, 15) is 0 Å². The summed E-state index contributed by atoms with van der Waals surface area (Å²) in [6, 6.07) is 64.8. The molecule has 2 nitrogen and oxygen atoms in total. The summed E-state index contributed by atoms with van der Waals surface area (Å²) in [5.41, 5.74) is 14.0. The monoisotopic (exact) mass is 720 g/mol. The molecular formula is C54H37NO. The Hall–Kier alpha value is -7.42. The number of hydrogen-bond donors (Lipinski definition) is 0. The van der Waals surface area contributed by atoms with Gasteiger partial charge in [-0.25, -0.2) is 0 Å². The van der Waals surface area contributed by atoms with Gasteiger partial charge in [-0.15, -0.1) is 0 Å². The van der Waals surface area contributed by atoms with Crippen molar-refractivity contribution in [3.63, 3.8) is 0 Å². The molecule has 0 radical (unpaired) electrons. The predicted molar refractivity (Wildman–Crippen MR) is 236 cm³/mol. The summed E-state index contributed by atoms with van der Waals surface area (Å²) < 4.78 is 48.1. The van der Waals surface area contributed by atoms with Gasteiger partial charge in [-0.3, -0.25) is 0 Å². The Morgan fingerprint density at radius 1 is 0.339 bits per heavy atom. The third-order valence-electron chi connectivity index (χ3n) is 10.4. The van der Waals surface area contributed by atoms with Crippen LogP contribution >= 0.6 is 0 Å². The zero-order chi connectivity index (χ0) is 41.6. The summed E-state index contributed by atoms with van der Waals surface area (Å²) in [4.78, 5) is 2.16. The second kappa shape index (κ2) is 14.4. The van der Waals surface area contributed by atoms with Crippen molar-refractivity contribution in [2.75, 3.05) is 4.90 Å². The summed E-state index contributed by atoms with van der Waals surface area (Å²) in [5, 5.41) is 2.16. The Labute approximate surface area is 334 Å². The smallest absolute Gasteiger partial charge is 0.143 e. The summed E-state index contributed by atoms with van der Waals surface area (Å²) in [6.07, 6.45) is 0. The molecule has 0 aliphatic carbocycles. The van der Waals surface area contributed by atoms with Gasteiger partial charge in [-0.1, -0.05) is 176 Å². The first kappa shape index (κ1) is 28.1. The van der Waals surface area contributed by atoms with Crippen molar-refractivity contribution in [1.29, 1.82) is 0 Å². The van der Waals surface area contributed by atoms with Crippen molar-refractivity contribution < 1.29 is 11.3 Å². The van der Waals surface area contributed by atoms with Crippen LogP contribution in [-0.4, -0.2) is 0 Å². The zero-order valence-corrected chi connectivity index (χ0v) is 30.3. The third kappa shape index (κ3) is 6.24. The van der Waals surface area contributed by atoms with Crippen LogP contribution < -0.4 is 4.90 Å².